The quantitative estimate of drug-likeness (QED) is 0.549. The molecule has 0 saturated carbocycles. The monoisotopic (exact) mass is 248 g/mol. The van der Waals surface area contributed by atoms with Crippen LogP contribution in [-0.4, -0.2) is 26.3 Å². The molecule has 0 unspecified atom stereocenters. The van der Waals surface area contributed by atoms with E-state index in [0.717, 1.165) is 0 Å². The van der Waals surface area contributed by atoms with Gasteiger partial charge in [0.1, 0.15) is 18.8 Å². The third kappa shape index (κ3) is 3.38. The van der Waals surface area contributed by atoms with E-state index in [9.17, 15) is 4.79 Å². The minimum absolute atomic E-state index is 0.150. The van der Waals surface area contributed by atoms with Gasteiger partial charge in [0.05, 0.1) is 7.11 Å². The van der Waals surface area contributed by atoms with Crippen molar-refractivity contribution in [2.75, 3.05) is 20.3 Å². The van der Waals surface area contributed by atoms with Crippen molar-refractivity contribution >= 4 is 5.97 Å². The van der Waals surface area contributed by atoms with Crippen LogP contribution in [0, 0.1) is 0 Å². The van der Waals surface area contributed by atoms with Crippen LogP contribution < -0.4 is 9.47 Å². The van der Waals surface area contributed by atoms with Crippen molar-refractivity contribution in [3.63, 3.8) is 0 Å². The average molecular weight is 248 g/mol. The normalized spacial score (nSPS) is 9.39. The Balaban J connectivity index is 3.03. The lowest BCUT2D eigenvalue weighted by Crippen LogP contribution is -2.09. The maximum Gasteiger partial charge on any atom is 0.342 e. The standard InChI is InChI=1S/C14H16O4/c1-4-9-17-13-11(14(15)18-10-5-2)7-6-8-12(13)16-3/h4-8H,1-2,9-10H2,3H3. The highest BCUT2D eigenvalue weighted by Crippen LogP contribution is 2.31. The third-order valence-electron chi connectivity index (χ3n) is 2.10. The van der Waals surface area contributed by atoms with Gasteiger partial charge in [-0.1, -0.05) is 31.4 Å². The Bertz CT molecular complexity index is 437. The average Bonchev–Trinajstić information content (AvgIpc) is 2.41. The van der Waals surface area contributed by atoms with Gasteiger partial charge in [-0.3, -0.25) is 0 Å². The first-order valence-corrected chi connectivity index (χ1v) is 5.43. The first kappa shape index (κ1) is 13.8. The van der Waals surface area contributed by atoms with Gasteiger partial charge in [0.25, 0.3) is 0 Å². The van der Waals surface area contributed by atoms with Gasteiger partial charge in [-0.05, 0) is 12.1 Å². The van der Waals surface area contributed by atoms with E-state index >= 15 is 0 Å². The number of hydrogen-bond acceptors (Lipinski definition) is 4. The highest BCUT2D eigenvalue weighted by molar-refractivity contribution is 5.93. The van der Waals surface area contributed by atoms with E-state index in [1.807, 2.05) is 0 Å². The maximum absolute atomic E-state index is 11.8. The number of para-hydroxylation sites is 1. The van der Waals surface area contributed by atoms with Gasteiger partial charge in [0.2, 0.25) is 0 Å². The molecule has 0 N–H and O–H groups in total. The Morgan fingerprint density at radius 1 is 1.28 bits per heavy atom. The van der Waals surface area contributed by atoms with Crippen molar-refractivity contribution in [1.29, 1.82) is 0 Å². The van der Waals surface area contributed by atoms with Crippen LogP contribution in [0.15, 0.2) is 43.5 Å². The summed E-state index contributed by atoms with van der Waals surface area (Å²) < 4.78 is 15.6. The Morgan fingerprint density at radius 2 is 2.00 bits per heavy atom. The minimum atomic E-state index is -0.479. The minimum Gasteiger partial charge on any atom is -0.493 e. The molecule has 0 aliphatic heterocycles. The van der Waals surface area contributed by atoms with Crippen molar-refractivity contribution in [2.45, 2.75) is 0 Å². The highest BCUT2D eigenvalue weighted by Gasteiger charge is 2.17. The SMILES string of the molecule is C=CCOC(=O)c1cccc(OC)c1OCC=C. The highest BCUT2D eigenvalue weighted by atomic mass is 16.5. The summed E-state index contributed by atoms with van der Waals surface area (Å²) in [5.74, 6) is 0.353. The van der Waals surface area contributed by atoms with Crippen LogP contribution in [0.5, 0.6) is 11.5 Å². The zero-order valence-corrected chi connectivity index (χ0v) is 10.3. The predicted octanol–water partition coefficient (Wildman–Crippen LogP) is 2.60. The van der Waals surface area contributed by atoms with Crippen LogP contribution in [0.2, 0.25) is 0 Å². The lowest BCUT2D eigenvalue weighted by atomic mass is 10.2. The molecule has 0 saturated heterocycles. The van der Waals surface area contributed by atoms with Gasteiger partial charge in [0, 0.05) is 0 Å². The summed E-state index contributed by atoms with van der Waals surface area (Å²) in [6, 6.07) is 5.03. The first-order valence-electron chi connectivity index (χ1n) is 5.43. The summed E-state index contributed by atoms with van der Waals surface area (Å²) in [7, 11) is 1.51. The summed E-state index contributed by atoms with van der Waals surface area (Å²) in [6.07, 6.45) is 3.09. The van der Waals surface area contributed by atoms with Crippen molar-refractivity contribution in [3.8, 4) is 11.5 Å². The number of carbonyl (C=O) groups is 1. The molecular formula is C14H16O4. The van der Waals surface area contributed by atoms with Crippen LogP contribution in [0.3, 0.4) is 0 Å². The fraction of sp³-hybridized carbons (Fsp3) is 0.214. The molecule has 1 rings (SSSR count). The molecule has 18 heavy (non-hydrogen) atoms. The zero-order valence-electron chi connectivity index (χ0n) is 10.3. The zero-order chi connectivity index (χ0) is 13.4. The fourth-order valence-electron chi connectivity index (χ4n) is 1.34. The van der Waals surface area contributed by atoms with Crippen LogP contribution in [0.4, 0.5) is 0 Å². The Labute approximate surface area is 106 Å². The van der Waals surface area contributed by atoms with Crippen LogP contribution in [-0.2, 0) is 4.74 Å². The summed E-state index contributed by atoms with van der Waals surface area (Å²) >= 11 is 0. The molecule has 0 bridgehead atoms. The molecule has 1 aromatic carbocycles. The van der Waals surface area contributed by atoms with Crippen LogP contribution in [0.25, 0.3) is 0 Å². The summed E-state index contributed by atoms with van der Waals surface area (Å²) in [4.78, 5) is 11.8. The smallest absolute Gasteiger partial charge is 0.342 e. The summed E-state index contributed by atoms with van der Waals surface area (Å²) in [5, 5.41) is 0. The van der Waals surface area contributed by atoms with E-state index in [4.69, 9.17) is 14.2 Å². The lowest BCUT2D eigenvalue weighted by molar-refractivity contribution is 0.0545. The Kier molecular flexibility index (Phi) is 5.51. The van der Waals surface area contributed by atoms with E-state index in [1.165, 1.54) is 13.2 Å². The molecule has 0 aliphatic carbocycles. The number of ether oxygens (including phenoxy) is 3. The van der Waals surface area contributed by atoms with Gasteiger partial charge in [0.15, 0.2) is 11.5 Å². The van der Waals surface area contributed by atoms with Crippen molar-refractivity contribution in [1.82, 2.24) is 0 Å². The van der Waals surface area contributed by atoms with E-state index in [-0.39, 0.29) is 13.2 Å². The molecular weight excluding hydrogens is 232 g/mol. The number of carbonyl (C=O) groups excluding carboxylic acids is 1. The largest absolute Gasteiger partial charge is 0.493 e. The summed E-state index contributed by atoms with van der Waals surface area (Å²) in [6.45, 7) is 7.48. The van der Waals surface area contributed by atoms with Crippen LogP contribution in [0.1, 0.15) is 10.4 Å². The number of hydrogen-bond donors (Lipinski definition) is 0. The lowest BCUT2D eigenvalue weighted by Gasteiger charge is -2.13. The second-order valence-corrected chi connectivity index (χ2v) is 3.32. The van der Waals surface area contributed by atoms with Gasteiger partial charge in [-0.15, -0.1) is 0 Å². The second-order valence-electron chi connectivity index (χ2n) is 3.32. The number of methoxy groups -OCH3 is 1. The molecule has 96 valence electrons. The molecule has 0 fully saturated rings. The Morgan fingerprint density at radius 3 is 2.61 bits per heavy atom. The van der Waals surface area contributed by atoms with E-state index in [0.29, 0.717) is 17.1 Å². The maximum atomic E-state index is 11.8. The van der Waals surface area contributed by atoms with Crippen molar-refractivity contribution < 1.29 is 19.0 Å². The third-order valence-corrected chi connectivity index (χ3v) is 2.10. The number of esters is 1. The van der Waals surface area contributed by atoms with Crippen molar-refractivity contribution in [3.05, 3.63) is 49.1 Å². The molecule has 4 heteroatoms. The van der Waals surface area contributed by atoms with E-state index in [1.54, 1.807) is 24.3 Å². The number of rotatable bonds is 7. The first-order chi connectivity index (χ1) is 8.74. The molecule has 0 atom stereocenters. The molecule has 0 aliphatic rings. The number of benzene rings is 1. The second kappa shape index (κ2) is 7.17. The fourth-order valence-corrected chi connectivity index (χ4v) is 1.34. The van der Waals surface area contributed by atoms with Crippen molar-refractivity contribution in [2.24, 2.45) is 0 Å². The van der Waals surface area contributed by atoms with Gasteiger partial charge in [-0.25, -0.2) is 4.79 Å². The summed E-state index contributed by atoms with van der Waals surface area (Å²) in [5.41, 5.74) is 0.318. The molecule has 1 aromatic rings. The molecule has 0 spiro atoms. The van der Waals surface area contributed by atoms with E-state index < -0.39 is 5.97 Å². The molecule has 0 amide bonds. The topological polar surface area (TPSA) is 44.8 Å². The van der Waals surface area contributed by atoms with Gasteiger partial charge < -0.3 is 14.2 Å². The predicted molar refractivity (Wildman–Crippen MR) is 69.2 cm³/mol. The van der Waals surface area contributed by atoms with E-state index in [2.05, 4.69) is 13.2 Å². The Hall–Kier alpha value is -2.23. The molecule has 0 aromatic heterocycles. The molecule has 0 radical (unpaired) electrons. The molecule has 4 nitrogen and oxygen atoms in total. The van der Waals surface area contributed by atoms with Gasteiger partial charge >= 0.3 is 5.97 Å². The molecule has 0 heterocycles. The van der Waals surface area contributed by atoms with Gasteiger partial charge in [-0.2, -0.15) is 0 Å². The van der Waals surface area contributed by atoms with Crippen LogP contribution >= 0.6 is 0 Å².